The summed E-state index contributed by atoms with van der Waals surface area (Å²) in [5, 5.41) is 0. The second-order valence-electron chi connectivity index (χ2n) is 6.90. The number of morpholine rings is 1. The second-order valence-corrected chi connectivity index (χ2v) is 8.13. The molecule has 6 nitrogen and oxygen atoms in total. The number of thioether (sulfide) groups is 1. The number of nitrogens with two attached hydrogens (primary N) is 1. The molecule has 3 fully saturated rings. The summed E-state index contributed by atoms with van der Waals surface area (Å²) in [6.07, 6.45) is 2.35. The summed E-state index contributed by atoms with van der Waals surface area (Å²) in [7, 11) is 2.21. The van der Waals surface area contributed by atoms with Gasteiger partial charge in [0.1, 0.15) is 0 Å². The maximum Gasteiger partial charge on any atom is 0.191 e. The zero-order valence-corrected chi connectivity index (χ0v) is 15.2. The van der Waals surface area contributed by atoms with E-state index < -0.39 is 0 Å². The van der Waals surface area contributed by atoms with E-state index in [2.05, 4.69) is 21.7 Å². The van der Waals surface area contributed by atoms with Gasteiger partial charge in [0, 0.05) is 43.2 Å². The van der Waals surface area contributed by atoms with Gasteiger partial charge in [-0.05, 0) is 33.0 Å². The fourth-order valence-electron chi connectivity index (χ4n) is 3.77. The lowest BCUT2D eigenvalue weighted by Gasteiger charge is -2.49. The van der Waals surface area contributed by atoms with Gasteiger partial charge >= 0.3 is 0 Å². The predicted molar refractivity (Wildman–Crippen MR) is 97.2 cm³/mol. The lowest BCUT2D eigenvalue weighted by atomic mass is 9.85. The summed E-state index contributed by atoms with van der Waals surface area (Å²) < 4.78 is 5.55. The largest absolute Gasteiger partial charge is 0.379 e. The molecule has 0 aliphatic carbocycles. The van der Waals surface area contributed by atoms with Crippen molar-refractivity contribution >= 4 is 17.7 Å². The van der Waals surface area contributed by atoms with Gasteiger partial charge in [0.15, 0.2) is 5.96 Å². The maximum absolute atomic E-state index is 6.29. The average molecular weight is 342 g/mol. The number of likely N-dealkylation sites (tertiary alicyclic amines) is 1. The summed E-state index contributed by atoms with van der Waals surface area (Å²) in [5.74, 6) is 3.07. The van der Waals surface area contributed by atoms with Crippen LogP contribution in [-0.4, -0.2) is 104 Å². The molecule has 0 radical (unpaired) electrons. The topological polar surface area (TPSA) is 57.3 Å². The van der Waals surface area contributed by atoms with E-state index in [1.165, 1.54) is 12.8 Å². The highest BCUT2D eigenvalue weighted by atomic mass is 32.2. The highest BCUT2D eigenvalue weighted by Crippen LogP contribution is 2.30. The SMILES string of the molecule is CN1CCC(CN=C(N)N2CCSCC2)(N2CCOCC2)CC1. The van der Waals surface area contributed by atoms with Crippen LogP contribution in [0.15, 0.2) is 4.99 Å². The van der Waals surface area contributed by atoms with E-state index >= 15 is 0 Å². The van der Waals surface area contributed by atoms with Crippen LogP contribution in [-0.2, 0) is 4.74 Å². The fraction of sp³-hybridized carbons (Fsp3) is 0.938. The zero-order valence-electron chi connectivity index (χ0n) is 14.4. The van der Waals surface area contributed by atoms with Gasteiger partial charge in [-0.2, -0.15) is 11.8 Å². The first-order chi connectivity index (χ1) is 11.2. The Morgan fingerprint density at radius 2 is 1.74 bits per heavy atom. The highest BCUT2D eigenvalue weighted by molar-refractivity contribution is 7.99. The first-order valence-corrected chi connectivity index (χ1v) is 9.99. The zero-order chi connectivity index (χ0) is 16.1. The number of guanidine groups is 1. The molecule has 0 saturated carbocycles. The van der Waals surface area contributed by atoms with Gasteiger partial charge in [-0.1, -0.05) is 0 Å². The van der Waals surface area contributed by atoms with Crippen molar-refractivity contribution in [3.05, 3.63) is 0 Å². The van der Waals surface area contributed by atoms with E-state index in [-0.39, 0.29) is 5.54 Å². The van der Waals surface area contributed by atoms with Crippen molar-refractivity contribution < 1.29 is 4.74 Å². The number of aliphatic imine (C=N–C) groups is 1. The predicted octanol–water partition coefficient (Wildman–Crippen LogP) is 0.147. The van der Waals surface area contributed by atoms with Gasteiger partial charge in [-0.3, -0.25) is 9.89 Å². The van der Waals surface area contributed by atoms with Crippen molar-refractivity contribution in [2.24, 2.45) is 10.7 Å². The number of hydrogen-bond acceptors (Lipinski definition) is 5. The number of rotatable bonds is 3. The maximum atomic E-state index is 6.29. The van der Waals surface area contributed by atoms with Crippen molar-refractivity contribution in [3.63, 3.8) is 0 Å². The molecule has 23 heavy (non-hydrogen) atoms. The molecule has 3 saturated heterocycles. The molecule has 3 aliphatic rings. The molecular weight excluding hydrogens is 310 g/mol. The summed E-state index contributed by atoms with van der Waals surface area (Å²) in [6.45, 7) is 8.94. The minimum absolute atomic E-state index is 0.172. The fourth-order valence-corrected chi connectivity index (χ4v) is 4.67. The Morgan fingerprint density at radius 1 is 1.09 bits per heavy atom. The van der Waals surface area contributed by atoms with Gasteiger partial charge in [-0.25, -0.2) is 0 Å². The molecule has 0 unspecified atom stereocenters. The highest BCUT2D eigenvalue weighted by Gasteiger charge is 2.39. The smallest absolute Gasteiger partial charge is 0.191 e. The number of nitrogens with zero attached hydrogens (tertiary/aromatic N) is 4. The molecule has 0 spiro atoms. The van der Waals surface area contributed by atoms with Crippen LogP contribution in [0.25, 0.3) is 0 Å². The minimum atomic E-state index is 0.172. The molecule has 0 aromatic carbocycles. The standard InChI is InChI=1S/C16H31N5OS/c1-19-4-2-16(3-5-19,21-6-10-22-11-7-21)14-18-15(17)20-8-12-23-13-9-20/h2-14H2,1H3,(H2,17,18). The number of piperidine rings is 1. The van der Waals surface area contributed by atoms with Crippen LogP contribution >= 0.6 is 11.8 Å². The average Bonchev–Trinajstić information content (AvgIpc) is 2.63. The molecule has 7 heteroatoms. The van der Waals surface area contributed by atoms with E-state index in [1.54, 1.807) is 0 Å². The van der Waals surface area contributed by atoms with E-state index in [4.69, 9.17) is 15.5 Å². The Kier molecular flexibility index (Phi) is 6.07. The van der Waals surface area contributed by atoms with Gasteiger partial charge < -0.3 is 20.3 Å². The third-order valence-electron chi connectivity index (χ3n) is 5.47. The Hall–Kier alpha value is -0.500. The summed E-state index contributed by atoms with van der Waals surface area (Å²) in [5.41, 5.74) is 6.47. The monoisotopic (exact) mass is 341 g/mol. The number of hydrogen-bond donors (Lipinski definition) is 1. The van der Waals surface area contributed by atoms with E-state index in [1.807, 2.05) is 11.8 Å². The van der Waals surface area contributed by atoms with Crippen molar-refractivity contribution in [3.8, 4) is 0 Å². The molecule has 2 N–H and O–H groups in total. The molecule has 0 aromatic heterocycles. The third-order valence-corrected chi connectivity index (χ3v) is 6.41. The Morgan fingerprint density at radius 3 is 2.39 bits per heavy atom. The lowest BCUT2D eigenvalue weighted by molar-refractivity contribution is -0.0411. The molecule has 0 atom stereocenters. The van der Waals surface area contributed by atoms with Crippen LogP contribution < -0.4 is 5.73 Å². The van der Waals surface area contributed by atoms with Crippen LogP contribution in [0.5, 0.6) is 0 Å². The van der Waals surface area contributed by atoms with E-state index in [0.29, 0.717) is 0 Å². The lowest BCUT2D eigenvalue weighted by Crippen LogP contribution is -2.60. The Labute approximate surface area is 144 Å². The third kappa shape index (κ3) is 4.32. The van der Waals surface area contributed by atoms with Crippen LogP contribution in [0.4, 0.5) is 0 Å². The molecule has 0 bridgehead atoms. The molecule has 3 heterocycles. The van der Waals surface area contributed by atoms with Crippen molar-refractivity contribution in [1.82, 2.24) is 14.7 Å². The van der Waals surface area contributed by atoms with Crippen molar-refractivity contribution in [2.45, 2.75) is 18.4 Å². The molecule has 3 aliphatic heterocycles. The summed E-state index contributed by atoms with van der Waals surface area (Å²) in [4.78, 5) is 12.1. The van der Waals surface area contributed by atoms with Crippen molar-refractivity contribution in [1.29, 1.82) is 0 Å². The van der Waals surface area contributed by atoms with Gasteiger partial charge in [0.25, 0.3) is 0 Å². The van der Waals surface area contributed by atoms with Gasteiger partial charge in [0.2, 0.25) is 0 Å². The van der Waals surface area contributed by atoms with Crippen LogP contribution in [0.2, 0.25) is 0 Å². The quantitative estimate of drug-likeness (QED) is 0.582. The molecule has 3 rings (SSSR count). The van der Waals surface area contributed by atoms with Gasteiger partial charge in [0.05, 0.1) is 19.8 Å². The van der Waals surface area contributed by atoms with Crippen molar-refractivity contribution in [2.75, 3.05) is 77.6 Å². The van der Waals surface area contributed by atoms with Crippen LogP contribution in [0.1, 0.15) is 12.8 Å². The minimum Gasteiger partial charge on any atom is -0.379 e. The van der Waals surface area contributed by atoms with E-state index in [9.17, 15) is 0 Å². The van der Waals surface area contributed by atoms with Crippen LogP contribution in [0.3, 0.4) is 0 Å². The molecular formula is C16H31N5OS. The van der Waals surface area contributed by atoms with E-state index in [0.717, 1.165) is 76.5 Å². The molecule has 0 amide bonds. The Bertz CT molecular complexity index is 399. The summed E-state index contributed by atoms with van der Waals surface area (Å²) in [6, 6.07) is 0. The first-order valence-electron chi connectivity index (χ1n) is 8.84. The normalized spacial score (nSPS) is 28.0. The molecule has 132 valence electrons. The van der Waals surface area contributed by atoms with Gasteiger partial charge in [-0.15, -0.1) is 0 Å². The number of ether oxygens (including phenoxy) is 1. The Balaban J connectivity index is 1.67. The first kappa shape index (κ1) is 17.3. The summed E-state index contributed by atoms with van der Waals surface area (Å²) >= 11 is 2.00. The van der Waals surface area contributed by atoms with Crippen LogP contribution in [0, 0.1) is 0 Å². The second kappa shape index (κ2) is 8.05. The molecule has 0 aromatic rings.